The van der Waals surface area contributed by atoms with Gasteiger partial charge in [-0.2, -0.15) is 0 Å². The van der Waals surface area contributed by atoms with Crippen molar-refractivity contribution in [3.63, 3.8) is 0 Å². The molecule has 1 heterocycles. The Morgan fingerprint density at radius 1 is 1.10 bits per heavy atom. The molecule has 3 aliphatic carbocycles. The molecule has 3 aliphatic rings. The lowest BCUT2D eigenvalue weighted by molar-refractivity contribution is -0.133. The topological polar surface area (TPSA) is 91.8 Å². The third-order valence-corrected chi connectivity index (χ3v) is 8.63. The van der Waals surface area contributed by atoms with Gasteiger partial charge in [-0.1, -0.05) is 30.6 Å². The lowest BCUT2D eigenvalue weighted by atomic mass is 9.88. The molecule has 0 unspecified atom stereocenters. The van der Waals surface area contributed by atoms with Gasteiger partial charge in [0.1, 0.15) is 0 Å². The van der Waals surface area contributed by atoms with E-state index < -0.39 is 5.97 Å². The predicted octanol–water partition coefficient (Wildman–Crippen LogP) is 5.22. The number of hydrogen-bond donors (Lipinski definition) is 2. The molecular weight excluding hydrogens is 434 g/mol. The summed E-state index contributed by atoms with van der Waals surface area (Å²) < 4.78 is 6.91. The summed E-state index contributed by atoms with van der Waals surface area (Å²) in [6.07, 6.45) is 14.4. The van der Waals surface area contributed by atoms with Crippen LogP contribution in [0.2, 0.25) is 0 Å². The number of nitrogens with zero attached hydrogens (tertiary/aromatic N) is 2. The Morgan fingerprint density at radius 2 is 1.81 bits per heavy atom. The lowest BCUT2D eigenvalue weighted by Crippen LogP contribution is -2.51. The summed E-state index contributed by atoms with van der Waals surface area (Å²) in [5.41, 5.74) is 0. The number of anilines is 1. The van der Waals surface area contributed by atoms with Gasteiger partial charge in [0.25, 0.3) is 0 Å². The Kier molecular flexibility index (Phi) is 8.12. The average molecular weight is 468 g/mol. The van der Waals surface area contributed by atoms with Crippen LogP contribution in [0.4, 0.5) is 9.93 Å². The van der Waals surface area contributed by atoms with E-state index in [2.05, 4.69) is 15.2 Å². The molecule has 0 spiro atoms. The summed E-state index contributed by atoms with van der Waals surface area (Å²) in [5, 5.41) is 12.4. The van der Waals surface area contributed by atoms with Gasteiger partial charge in [0.15, 0.2) is 5.13 Å². The van der Waals surface area contributed by atoms with Gasteiger partial charge >= 0.3 is 12.0 Å². The molecule has 0 aliphatic heterocycles. The number of hydrogen-bond acceptors (Lipinski definition) is 6. The Bertz CT molecular complexity index is 741. The third-order valence-electron chi connectivity index (χ3n) is 6.54. The minimum absolute atomic E-state index is 0.00413. The van der Waals surface area contributed by atoms with Crippen LogP contribution < -0.4 is 5.32 Å². The molecule has 1 aromatic rings. The number of carboxylic acids is 1. The van der Waals surface area contributed by atoms with Crippen LogP contribution >= 0.6 is 23.1 Å². The molecule has 0 saturated heterocycles. The second kappa shape index (κ2) is 11.0. The summed E-state index contributed by atoms with van der Waals surface area (Å²) in [4.78, 5) is 30.5. The highest BCUT2D eigenvalue weighted by Crippen LogP contribution is 2.35. The number of nitrogens with one attached hydrogen (secondary N) is 1. The summed E-state index contributed by atoms with van der Waals surface area (Å²) in [5.74, 6) is -0.0706. The first-order valence-corrected chi connectivity index (χ1v) is 13.4. The Hall–Kier alpha value is -1.32. The molecule has 0 bridgehead atoms. The molecule has 1 aromatic heterocycles. The van der Waals surface area contributed by atoms with Gasteiger partial charge in [0.2, 0.25) is 0 Å². The molecular formula is C22H33N3O4S2. The molecule has 2 N–H and O–H groups in total. The van der Waals surface area contributed by atoms with Crippen molar-refractivity contribution in [2.45, 2.75) is 93.0 Å². The van der Waals surface area contributed by atoms with Crippen LogP contribution in [0.5, 0.6) is 0 Å². The van der Waals surface area contributed by atoms with Crippen molar-refractivity contribution in [2.24, 2.45) is 5.92 Å². The largest absolute Gasteiger partial charge is 0.481 e. The maximum atomic E-state index is 13.3. The van der Waals surface area contributed by atoms with Crippen molar-refractivity contribution in [3.8, 4) is 0 Å². The van der Waals surface area contributed by atoms with Crippen LogP contribution in [0.3, 0.4) is 0 Å². The van der Waals surface area contributed by atoms with Crippen molar-refractivity contribution in [1.29, 1.82) is 0 Å². The molecule has 3 fully saturated rings. The number of urea groups is 1. The van der Waals surface area contributed by atoms with E-state index in [-0.39, 0.29) is 17.8 Å². The fraction of sp³-hybridized carbons (Fsp3) is 0.773. The second-order valence-corrected chi connectivity index (χ2v) is 11.3. The zero-order chi connectivity index (χ0) is 21.6. The molecule has 7 nitrogen and oxygen atoms in total. The van der Waals surface area contributed by atoms with Crippen molar-refractivity contribution >= 4 is 40.2 Å². The number of carboxylic acid groups (broad SMARTS) is 1. The highest BCUT2D eigenvalue weighted by atomic mass is 32.2. The first kappa shape index (κ1) is 22.9. The van der Waals surface area contributed by atoms with Crippen LogP contribution in [0.1, 0.15) is 70.6 Å². The molecule has 172 valence electrons. The summed E-state index contributed by atoms with van der Waals surface area (Å²) in [6, 6.07) is 0.492. The third kappa shape index (κ3) is 6.83. The fourth-order valence-electron chi connectivity index (χ4n) is 4.71. The molecule has 9 heteroatoms. The van der Waals surface area contributed by atoms with E-state index in [9.17, 15) is 9.59 Å². The fourth-order valence-corrected chi connectivity index (χ4v) is 6.29. The van der Waals surface area contributed by atoms with Gasteiger partial charge < -0.3 is 14.7 Å². The summed E-state index contributed by atoms with van der Waals surface area (Å²) in [7, 11) is 0. The van der Waals surface area contributed by atoms with Gasteiger partial charge in [0, 0.05) is 18.7 Å². The van der Waals surface area contributed by atoms with Gasteiger partial charge in [-0.25, -0.2) is 9.78 Å². The predicted molar refractivity (Wildman–Crippen MR) is 123 cm³/mol. The normalized spacial score (nSPS) is 24.6. The Morgan fingerprint density at radius 3 is 2.48 bits per heavy atom. The highest BCUT2D eigenvalue weighted by Gasteiger charge is 2.35. The molecule has 2 amide bonds. The number of amides is 2. The van der Waals surface area contributed by atoms with Crippen molar-refractivity contribution in [1.82, 2.24) is 9.88 Å². The van der Waals surface area contributed by atoms with Crippen LogP contribution in [-0.2, 0) is 9.53 Å². The SMILES string of the molecule is O=C(O)CSc1cnc(NC(=O)N(C2CCCCC2)C2CCC(OCC3CC3)CC2)s1. The average Bonchev–Trinajstić information content (AvgIpc) is 3.50. The van der Waals surface area contributed by atoms with E-state index in [1.54, 1.807) is 6.20 Å². The molecule has 0 radical (unpaired) electrons. The standard InChI is InChI=1S/C22H33N3O4S2/c26-19(27)14-30-20-12-23-21(31-20)24-22(28)25(16-4-2-1-3-5-16)17-8-10-18(11-9-17)29-13-15-6-7-15/h12,15-18H,1-11,13-14H2,(H,26,27)(H,23,24,28). The van der Waals surface area contributed by atoms with Gasteiger partial charge in [-0.05, 0) is 57.3 Å². The van der Waals surface area contributed by atoms with E-state index in [4.69, 9.17) is 9.84 Å². The number of aromatic nitrogens is 1. The molecule has 0 atom stereocenters. The van der Waals surface area contributed by atoms with Crippen molar-refractivity contribution in [2.75, 3.05) is 17.7 Å². The molecule has 31 heavy (non-hydrogen) atoms. The van der Waals surface area contributed by atoms with Crippen molar-refractivity contribution in [3.05, 3.63) is 6.20 Å². The maximum absolute atomic E-state index is 13.3. The molecule has 3 saturated carbocycles. The number of aliphatic carboxylic acids is 1. The molecule has 4 rings (SSSR count). The summed E-state index contributed by atoms with van der Waals surface area (Å²) >= 11 is 2.57. The minimum Gasteiger partial charge on any atom is -0.481 e. The van der Waals surface area contributed by atoms with E-state index in [1.807, 2.05) is 0 Å². The van der Waals surface area contributed by atoms with Gasteiger partial charge in [0.05, 0.1) is 22.3 Å². The number of thioether (sulfide) groups is 1. The Labute approximate surface area is 192 Å². The maximum Gasteiger partial charge on any atom is 0.324 e. The zero-order valence-electron chi connectivity index (χ0n) is 18.0. The number of rotatable bonds is 9. The minimum atomic E-state index is -0.857. The van der Waals surface area contributed by atoms with Crippen LogP contribution in [0.25, 0.3) is 0 Å². The van der Waals surface area contributed by atoms with Crippen molar-refractivity contribution < 1.29 is 19.4 Å². The number of thiazole rings is 1. The van der Waals surface area contributed by atoms with Gasteiger partial charge in [-0.15, -0.1) is 11.8 Å². The van der Waals surface area contributed by atoms with E-state index in [0.717, 1.165) is 55.3 Å². The van der Waals surface area contributed by atoms with E-state index in [1.165, 1.54) is 55.2 Å². The Balaban J connectivity index is 1.35. The van der Waals surface area contributed by atoms with Crippen LogP contribution in [0, 0.1) is 5.92 Å². The van der Waals surface area contributed by atoms with Crippen LogP contribution in [-0.4, -0.2) is 57.5 Å². The summed E-state index contributed by atoms with van der Waals surface area (Å²) in [6.45, 7) is 0.911. The lowest BCUT2D eigenvalue weighted by Gasteiger charge is -2.42. The first-order valence-electron chi connectivity index (χ1n) is 11.6. The monoisotopic (exact) mass is 467 g/mol. The van der Waals surface area contributed by atoms with Crippen LogP contribution in [0.15, 0.2) is 10.4 Å². The highest BCUT2D eigenvalue weighted by molar-refractivity contribution is 8.01. The number of carbonyl (C=O) groups excluding carboxylic acids is 1. The second-order valence-electron chi connectivity index (χ2n) is 9.00. The number of ether oxygens (including phenoxy) is 1. The smallest absolute Gasteiger partial charge is 0.324 e. The molecule has 0 aromatic carbocycles. The van der Waals surface area contributed by atoms with E-state index in [0.29, 0.717) is 17.3 Å². The van der Waals surface area contributed by atoms with E-state index >= 15 is 0 Å². The zero-order valence-corrected chi connectivity index (χ0v) is 19.6. The quantitative estimate of drug-likeness (QED) is 0.484. The first-order chi connectivity index (χ1) is 15.1. The van der Waals surface area contributed by atoms with Gasteiger partial charge in [-0.3, -0.25) is 10.1 Å². The number of carbonyl (C=O) groups is 2.